The molecule has 0 bridgehead atoms. The zero-order valence-electron chi connectivity index (χ0n) is 11.9. The quantitative estimate of drug-likeness (QED) is 0.877. The summed E-state index contributed by atoms with van der Waals surface area (Å²) in [6.07, 6.45) is 3.54. The fraction of sp³-hybridized carbons (Fsp3) is 0.312. The van der Waals surface area contributed by atoms with Gasteiger partial charge in [0.15, 0.2) is 0 Å². The molecule has 1 heterocycles. The minimum absolute atomic E-state index is 0.197. The number of nitrogens with zero attached hydrogens (tertiary/aromatic N) is 2. The molecule has 1 N–H and O–H groups in total. The molecule has 0 spiro atoms. The summed E-state index contributed by atoms with van der Waals surface area (Å²) in [4.78, 5) is 6.04. The van der Waals surface area contributed by atoms with Gasteiger partial charge in [-0.1, -0.05) is 6.92 Å². The van der Waals surface area contributed by atoms with Crippen LogP contribution in [0.2, 0.25) is 0 Å². The highest BCUT2D eigenvalue weighted by molar-refractivity contribution is 5.49. The normalized spacial score (nSPS) is 10.6. The zero-order valence-corrected chi connectivity index (χ0v) is 11.9. The lowest BCUT2D eigenvalue weighted by molar-refractivity contribution is 0.621. The van der Waals surface area contributed by atoms with E-state index >= 15 is 0 Å². The maximum Gasteiger partial charge on any atom is 0.125 e. The lowest BCUT2D eigenvalue weighted by atomic mass is 10.1. The Balaban J connectivity index is 2.12. The van der Waals surface area contributed by atoms with Crippen molar-refractivity contribution in [3.05, 3.63) is 59.7 Å². The maximum absolute atomic E-state index is 13.7. The van der Waals surface area contributed by atoms with Crippen LogP contribution in [0.1, 0.15) is 18.1 Å². The monoisotopic (exact) mass is 273 g/mol. The van der Waals surface area contributed by atoms with Gasteiger partial charge in [-0.2, -0.15) is 0 Å². The number of pyridine rings is 1. The van der Waals surface area contributed by atoms with E-state index in [1.807, 2.05) is 37.1 Å². The SMILES string of the molecule is CCNCc1cc(F)cc(N(C)Cc2ccncc2)c1. The lowest BCUT2D eigenvalue weighted by Gasteiger charge is -2.20. The second-order valence-electron chi connectivity index (χ2n) is 4.81. The molecule has 106 valence electrons. The predicted molar refractivity (Wildman–Crippen MR) is 80.1 cm³/mol. The molecule has 0 aliphatic rings. The number of nitrogens with one attached hydrogen (secondary N) is 1. The Labute approximate surface area is 119 Å². The Morgan fingerprint density at radius 2 is 1.90 bits per heavy atom. The lowest BCUT2D eigenvalue weighted by Crippen LogP contribution is -2.18. The van der Waals surface area contributed by atoms with Crippen LogP contribution in [0.15, 0.2) is 42.7 Å². The summed E-state index contributed by atoms with van der Waals surface area (Å²) in [6, 6.07) is 9.10. The van der Waals surface area contributed by atoms with Crippen molar-refractivity contribution in [2.75, 3.05) is 18.5 Å². The number of benzene rings is 1. The van der Waals surface area contributed by atoms with E-state index in [2.05, 4.69) is 10.3 Å². The Kier molecular flexibility index (Phi) is 5.07. The summed E-state index contributed by atoms with van der Waals surface area (Å²) < 4.78 is 13.7. The van der Waals surface area contributed by atoms with Crippen LogP contribution in [0.25, 0.3) is 0 Å². The van der Waals surface area contributed by atoms with Gasteiger partial charge < -0.3 is 10.2 Å². The molecular formula is C16H20FN3. The van der Waals surface area contributed by atoms with Crippen molar-refractivity contribution in [2.24, 2.45) is 0 Å². The predicted octanol–water partition coefficient (Wildman–Crippen LogP) is 2.97. The van der Waals surface area contributed by atoms with Crippen molar-refractivity contribution < 1.29 is 4.39 Å². The van der Waals surface area contributed by atoms with E-state index < -0.39 is 0 Å². The van der Waals surface area contributed by atoms with Gasteiger partial charge in [-0.15, -0.1) is 0 Å². The van der Waals surface area contributed by atoms with E-state index in [1.165, 1.54) is 0 Å². The maximum atomic E-state index is 13.7. The van der Waals surface area contributed by atoms with Crippen molar-refractivity contribution in [2.45, 2.75) is 20.0 Å². The van der Waals surface area contributed by atoms with Gasteiger partial charge in [0.05, 0.1) is 0 Å². The van der Waals surface area contributed by atoms with E-state index in [4.69, 9.17) is 0 Å². The van der Waals surface area contributed by atoms with Crippen molar-refractivity contribution in [1.29, 1.82) is 0 Å². The third kappa shape index (κ3) is 4.03. The van der Waals surface area contributed by atoms with E-state index in [0.29, 0.717) is 6.54 Å². The van der Waals surface area contributed by atoms with Gasteiger partial charge in [0, 0.05) is 38.2 Å². The standard InChI is InChI=1S/C16H20FN3/c1-3-18-11-14-8-15(17)10-16(9-14)20(2)12-13-4-6-19-7-5-13/h4-10,18H,3,11-12H2,1-2H3. The molecule has 2 aromatic rings. The summed E-state index contributed by atoms with van der Waals surface area (Å²) in [6.45, 7) is 4.32. The Morgan fingerprint density at radius 1 is 1.15 bits per heavy atom. The Hall–Kier alpha value is -1.94. The van der Waals surface area contributed by atoms with Gasteiger partial charge in [-0.3, -0.25) is 4.98 Å². The molecule has 0 saturated heterocycles. The molecule has 3 nitrogen and oxygen atoms in total. The van der Waals surface area contributed by atoms with Crippen LogP contribution in [-0.4, -0.2) is 18.6 Å². The van der Waals surface area contributed by atoms with Crippen molar-refractivity contribution >= 4 is 5.69 Å². The van der Waals surface area contributed by atoms with Gasteiger partial charge in [-0.25, -0.2) is 4.39 Å². The van der Waals surface area contributed by atoms with E-state index in [-0.39, 0.29) is 5.82 Å². The minimum Gasteiger partial charge on any atom is -0.370 e. The molecule has 0 aliphatic carbocycles. The van der Waals surface area contributed by atoms with Crippen LogP contribution in [0, 0.1) is 5.82 Å². The van der Waals surface area contributed by atoms with Crippen LogP contribution in [0.5, 0.6) is 0 Å². The largest absolute Gasteiger partial charge is 0.370 e. The van der Waals surface area contributed by atoms with Gasteiger partial charge in [0.25, 0.3) is 0 Å². The molecular weight excluding hydrogens is 253 g/mol. The fourth-order valence-electron chi connectivity index (χ4n) is 2.08. The zero-order chi connectivity index (χ0) is 14.4. The second-order valence-corrected chi connectivity index (χ2v) is 4.81. The fourth-order valence-corrected chi connectivity index (χ4v) is 2.08. The molecule has 1 aromatic heterocycles. The summed E-state index contributed by atoms with van der Waals surface area (Å²) in [5.41, 5.74) is 3.00. The molecule has 0 fully saturated rings. The first-order valence-electron chi connectivity index (χ1n) is 6.79. The van der Waals surface area contributed by atoms with Crippen LogP contribution in [-0.2, 0) is 13.1 Å². The van der Waals surface area contributed by atoms with E-state index in [0.717, 1.165) is 29.9 Å². The second kappa shape index (κ2) is 7.01. The van der Waals surface area contributed by atoms with Crippen molar-refractivity contribution in [1.82, 2.24) is 10.3 Å². The number of hydrogen-bond acceptors (Lipinski definition) is 3. The van der Waals surface area contributed by atoms with Gasteiger partial charge in [0.1, 0.15) is 5.82 Å². The highest BCUT2D eigenvalue weighted by Crippen LogP contribution is 2.19. The van der Waals surface area contributed by atoms with Gasteiger partial charge in [0.2, 0.25) is 0 Å². The molecule has 0 saturated carbocycles. The molecule has 0 radical (unpaired) electrons. The number of aromatic nitrogens is 1. The summed E-state index contributed by atoms with van der Waals surface area (Å²) in [5, 5.41) is 3.21. The number of anilines is 1. The summed E-state index contributed by atoms with van der Waals surface area (Å²) >= 11 is 0. The van der Waals surface area contributed by atoms with Crippen molar-refractivity contribution in [3.8, 4) is 0 Å². The van der Waals surface area contributed by atoms with Gasteiger partial charge >= 0.3 is 0 Å². The molecule has 1 aromatic carbocycles. The highest BCUT2D eigenvalue weighted by Gasteiger charge is 2.06. The third-order valence-corrected chi connectivity index (χ3v) is 3.13. The van der Waals surface area contributed by atoms with E-state index in [9.17, 15) is 4.39 Å². The molecule has 0 aliphatic heterocycles. The third-order valence-electron chi connectivity index (χ3n) is 3.13. The first-order chi connectivity index (χ1) is 9.69. The van der Waals surface area contributed by atoms with Crippen LogP contribution in [0.3, 0.4) is 0 Å². The number of halogens is 1. The number of rotatable bonds is 6. The minimum atomic E-state index is -0.197. The Morgan fingerprint density at radius 3 is 2.60 bits per heavy atom. The Bertz CT molecular complexity index is 543. The summed E-state index contributed by atoms with van der Waals surface area (Å²) in [7, 11) is 1.96. The van der Waals surface area contributed by atoms with Crippen LogP contribution in [0.4, 0.5) is 10.1 Å². The van der Waals surface area contributed by atoms with Crippen molar-refractivity contribution in [3.63, 3.8) is 0 Å². The van der Waals surface area contributed by atoms with Gasteiger partial charge in [-0.05, 0) is 48.0 Å². The molecule has 0 amide bonds. The molecule has 4 heteroatoms. The van der Waals surface area contributed by atoms with E-state index in [1.54, 1.807) is 24.5 Å². The number of hydrogen-bond donors (Lipinski definition) is 1. The van der Waals surface area contributed by atoms with Crippen LogP contribution < -0.4 is 10.2 Å². The average Bonchev–Trinajstić information content (AvgIpc) is 2.45. The topological polar surface area (TPSA) is 28.2 Å². The average molecular weight is 273 g/mol. The molecule has 20 heavy (non-hydrogen) atoms. The highest BCUT2D eigenvalue weighted by atomic mass is 19.1. The first-order valence-corrected chi connectivity index (χ1v) is 6.79. The van der Waals surface area contributed by atoms with Crippen LogP contribution >= 0.6 is 0 Å². The summed E-state index contributed by atoms with van der Waals surface area (Å²) in [5.74, 6) is -0.197. The molecule has 2 rings (SSSR count). The smallest absolute Gasteiger partial charge is 0.125 e. The molecule has 0 atom stereocenters. The molecule has 0 unspecified atom stereocenters. The first kappa shape index (κ1) is 14.5.